The molecule has 1 aromatic heterocycles. The van der Waals surface area contributed by atoms with Gasteiger partial charge in [-0.3, -0.25) is 0 Å². The molecule has 3 N–H and O–H groups in total. The van der Waals surface area contributed by atoms with Gasteiger partial charge in [0.15, 0.2) is 11.6 Å². The van der Waals surface area contributed by atoms with Crippen LogP contribution in [0, 0.1) is 5.82 Å². The second-order valence-electron chi connectivity index (χ2n) is 5.81. The maximum absolute atomic E-state index is 14.2. The Morgan fingerprint density at radius 1 is 1.00 bits per heavy atom. The van der Waals surface area contributed by atoms with Gasteiger partial charge in [0.1, 0.15) is 16.7 Å². The van der Waals surface area contributed by atoms with E-state index in [2.05, 4.69) is 30.1 Å². The summed E-state index contributed by atoms with van der Waals surface area (Å²) >= 11 is 0. The Bertz CT molecular complexity index is 1050. The molecule has 0 saturated carbocycles. The van der Waals surface area contributed by atoms with Gasteiger partial charge in [0.05, 0.1) is 17.6 Å². The minimum absolute atomic E-state index is 0.00731. The van der Waals surface area contributed by atoms with Crippen molar-refractivity contribution in [1.29, 1.82) is 0 Å². The number of aromatic nitrogens is 2. The van der Waals surface area contributed by atoms with E-state index in [9.17, 15) is 21.8 Å². The second kappa shape index (κ2) is 8.95. The summed E-state index contributed by atoms with van der Waals surface area (Å²) in [4.78, 5) is 7.86. The van der Waals surface area contributed by atoms with Gasteiger partial charge >= 0.3 is 6.36 Å². The molecule has 1 unspecified atom stereocenters. The lowest BCUT2D eigenvalue weighted by atomic mass is 10.2. The highest BCUT2D eigenvalue weighted by Gasteiger charge is 2.30. The van der Waals surface area contributed by atoms with E-state index in [1.807, 2.05) is 0 Å². The standard InChI is InChI=1S/C18H15F4N5O2S/c1-30(28)27-15-5-3-2-4-14(15)25-16-13(19)10-23-17(26-16)24-11-6-8-12(9-7-11)29-18(20,21)22/h2-10,27H,1H3,(H2,23,24,25,26). The minimum Gasteiger partial charge on any atom is -0.406 e. The highest BCUT2D eigenvalue weighted by molar-refractivity contribution is 7.85. The van der Waals surface area contributed by atoms with Crippen molar-refractivity contribution < 1.29 is 26.5 Å². The summed E-state index contributed by atoms with van der Waals surface area (Å²) in [5, 5.41) is 5.56. The van der Waals surface area contributed by atoms with E-state index in [-0.39, 0.29) is 17.5 Å². The van der Waals surface area contributed by atoms with Crippen LogP contribution in [0.25, 0.3) is 0 Å². The fraction of sp³-hybridized carbons (Fsp3) is 0.111. The summed E-state index contributed by atoms with van der Waals surface area (Å²) in [6.45, 7) is 0. The molecular formula is C18H15F4N5O2S. The van der Waals surface area contributed by atoms with Gasteiger partial charge in [-0.15, -0.1) is 13.2 Å². The molecule has 1 heterocycles. The van der Waals surface area contributed by atoms with Crippen LogP contribution in [0.3, 0.4) is 0 Å². The number of halogens is 4. The SMILES string of the molecule is CS(=O)Nc1ccccc1Nc1nc(Nc2ccc(OC(F)(F)F)cc2)ncc1F. The van der Waals surface area contributed by atoms with Crippen molar-refractivity contribution >= 4 is 39.8 Å². The molecule has 0 radical (unpaired) electrons. The van der Waals surface area contributed by atoms with Crippen molar-refractivity contribution in [2.45, 2.75) is 6.36 Å². The Kier molecular flexibility index (Phi) is 6.35. The van der Waals surface area contributed by atoms with Gasteiger partial charge in [0.25, 0.3) is 0 Å². The maximum atomic E-state index is 14.2. The summed E-state index contributed by atoms with van der Waals surface area (Å²) in [6, 6.07) is 11.6. The van der Waals surface area contributed by atoms with Crippen molar-refractivity contribution in [3.8, 4) is 5.75 Å². The number of alkyl halides is 3. The number of benzene rings is 2. The molecule has 158 valence electrons. The molecule has 2 aromatic carbocycles. The van der Waals surface area contributed by atoms with Gasteiger partial charge < -0.3 is 20.1 Å². The molecule has 12 heteroatoms. The van der Waals surface area contributed by atoms with Crippen molar-refractivity contribution in [2.75, 3.05) is 21.6 Å². The molecular weight excluding hydrogens is 426 g/mol. The predicted molar refractivity (Wildman–Crippen MR) is 106 cm³/mol. The Morgan fingerprint density at radius 3 is 2.30 bits per heavy atom. The Labute approximate surface area is 171 Å². The highest BCUT2D eigenvalue weighted by Crippen LogP contribution is 2.28. The third-order valence-corrected chi connectivity index (χ3v) is 4.03. The number of hydrogen-bond acceptors (Lipinski definition) is 6. The molecule has 0 fully saturated rings. The van der Waals surface area contributed by atoms with Gasteiger partial charge in [-0.25, -0.2) is 13.6 Å². The van der Waals surface area contributed by atoms with Gasteiger partial charge in [0.2, 0.25) is 5.95 Å². The summed E-state index contributed by atoms with van der Waals surface area (Å²) in [7, 11) is -1.34. The van der Waals surface area contributed by atoms with E-state index in [0.29, 0.717) is 17.1 Å². The molecule has 3 aromatic rings. The van der Waals surface area contributed by atoms with Gasteiger partial charge in [-0.05, 0) is 36.4 Å². The fourth-order valence-electron chi connectivity index (χ4n) is 2.35. The molecule has 7 nitrogen and oxygen atoms in total. The zero-order chi connectivity index (χ0) is 21.7. The first-order valence-electron chi connectivity index (χ1n) is 8.31. The number of ether oxygens (including phenoxy) is 1. The molecule has 0 amide bonds. The topological polar surface area (TPSA) is 88.2 Å². The highest BCUT2D eigenvalue weighted by atomic mass is 32.2. The Hall–Kier alpha value is -3.41. The quantitative estimate of drug-likeness (QED) is 0.461. The average molecular weight is 441 g/mol. The lowest BCUT2D eigenvalue weighted by Crippen LogP contribution is -2.17. The third kappa shape index (κ3) is 6.04. The van der Waals surface area contributed by atoms with Crippen molar-refractivity contribution in [1.82, 2.24) is 9.97 Å². The Balaban J connectivity index is 1.77. The number of rotatable bonds is 7. The van der Waals surface area contributed by atoms with Crippen LogP contribution >= 0.6 is 0 Å². The summed E-state index contributed by atoms with van der Waals surface area (Å²) < 4.78 is 68.8. The van der Waals surface area contributed by atoms with Crippen molar-refractivity contribution in [2.24, 2.45) is 0 Å². The maximum Gasteiger partial charge on any atom is 0.573 e. The van der Waals surface area contributed by atoms with Crippen LogP contribution in [-0.4, -0.2) is 26.8 Å². The number of nitrogens with zero attached hydrogens (tertiary/aromatic N) is 2. The molecule has 3 rings (SSSR count). The average Bonchev–Trinajstić information content (AvgIpc) is 2.66. The number of anilines is 5. The molecule has 0 bridgehead atoms. The normalized spacial score (nSPS) is 12.2. The monoisotopic (exact) mass is 441 g/mol. The first-order valence-corrected chi connectivity index (χ1v) is 9.87. The van der Waals surface area contributed by atoms with Crippen LogP contribution in [-0.2, 0) is 11.0 Å². The van der Waals surface area contributed by atoms with E-state index in [4.69, 9.17) is 0 Å². The smallest absolute Gasteiger partial charge is 0.406 e. The first kappa shape index (κ1) is 21.3. The molecule has 30 heavy (non-hydrogen) atoms. The third-order valence-electron chi connectivity index (χ3n) is 3.52. The van der Waals surface area contributed by atoms with Crippen LogP contribution in [0.15, 0.2) is 54.7 Å². The first-order chi connectivity index (χ1) is 14.2. The van der Waals surface area contributed by atoms with Crippen LogP contribution in [0.2, 0.25) is 0 Å². The second-order valence-corrected chi connectivity index (χ2v) is 6.93. The van der Waals surface area contributed by atoms with Gasteiger partial charge in [-0.2, -0.15) is 4.98 Å². The Morgan fingerprint density at radius 2 is 1.67 bits per heavy atom. The molecule has 1 atom stereocenters. The van der Waals surface area contributed by atoms with Gasteiger partial charge in [0, 0.05) is 11.9 Å². The predicted octanol–water partition coefficient (Wildman–Crippen LogP) is 4.71. The number of para-hydroxylation sites is 2. The van der Waals surface area contributed by atoms with Crippen LogP contribution in [0.1, 0.15) is 0 Å². The zero-order valence-electron chi connectivity index (χ0n) is 15.3. The van der Waals surface area contributed by atoms with E-state index < -0.39 is 23.2 Å². The van der Waals surface area contributed by atoms with Crippen LogP contribution in [0.4, 0.5) is 46.4 Å². The summed E-state index contributed by atoms with van der Waals surface area (Å²) in [5.74, 6) is -1.26. The molecule has 0 aliphatic heterocycles. The van der Waals surface area contributed by atoms with Gasteiger partial charge in [-0.1, -0.05) is 12.1 Å². The van der Waals surface area contributed by atoms with Crippen LogP contribution < -0.4 is 20.1 Å². The molecule has 0 aliphatic carbocycles. The van der Waals surface area contributed by atoms with Crippen molar-refractivity contribution in [3.05, 3.63) is 60.5 Å². The molecule has 0 saturated heterocycles. The zero-order valence-corrected chi connectivity index (χ0v) is 16.1. The number of nitrogens with one attached hydrogen (secondary N) is 3. The van der Waals surface area contributed by atoms with E-state index in [1.54, 1.807) is 24.3 Å². The summed E-state index contributed by atoms with van der Waals surface area (Å²) in [5.41, 5.74) is 1.28. The fourth-order valence-corrected chi connectivity index (χ4v) is 2.84. The molecule has 0 aliphatic rings. The minimum atomic E-state index is -4.79. The van der Waals surface area contributed by atoms with Crippen LogP contribution in [0.5, 0.6) is 5.75 Å². The summed E-state index contributed by atoms with van der Waals surface area (Å²) in [6.07, 6.45) is -2.40. The lowest BCUT2D eigenvalue weighted by molar-refractivity contribution is -0.274. The largest absolute Gasteiger partial charge is 0.573 e. The van der Waals surface area contributed by atoms with E-state index in [1.165, 1.54) is 18.4 Å². The number of hydrogen-bond donors (Lipinski definition) is 3. The van der Waals surface area contributed by atoms with E-state index in [0.717, 1.165) is 18.3 Å². The molecule has 0 spiro atoms. The lowest BCUT2D eigenvalue weighted by Gasteiger charge is -2.13. The van der Waals surface area contributed by atoms with E-state index >= 15 is 0 Å². The van der Waals surface area contributed by atoms with Crippen molar-refractivity contribution in [3.63, 3.8) is 0 Å².